The lowest BCUT2D eigenvalue weighted by Gasteiger charge is -2.23. The zero-order valence-corrected chi connectivity index (χ0v) is 20.5. The predicted octanol–water partition coefficient (Wildman–Crippen LogP) is 4.65. The molecule has 35 heavy (non-hydrogen) atoms. The third kappa shape index (κ3) is 4.54. The smallest absolute Gasteiger partial charge is 0.350 e. The molecule has 0 radical (unpaired) electrons. The number of carbonyl (C=O) groups is 3. The number of carbonyl (C=O) groups excluding carboxylic acids is 3. The molecule has 2 aromatic carbocycles. The Labute approximate surface area is 206 Å². The number of amides is 1. The average Bonchev–Trinajstić information content (AvgIpc) is 3.35. The van der Waals surface area contributed by atoms with Crippen LogP contribution in [0.2, 0.25) is 0 Å². The van der Waals surface area contributed by atoms with Crippen molar-refractivity contribution in [3.8, 4) is 5.75 Å². The molecule has 0 aliphatic carbocycles. The second kappa shape index (κ2) is 9.71. The second-order valence-corrected chi connectivity index (χ2v) is 9.15. The molecular formula is C26H24N2O6S. The van der Waals surface area contributed by atoms with Crippen LogP contribution in [0.3, 0.4) is 0 Å². The highest BCUT2D eigenvalue weighted by atomic mass is 32.1. The molecule has 9 heteroatoms. The summed E-state index contributed by atoms with van der Waals surface area (Å²) in [6.45, 7) is 5.43. The van der Waals surface area contributed by atoms with Gasteiger partial charge in [-0.05, 0) is 50.6 Å². The van der Waals surface area contributed by atoms with Crippen molar-refractivity contribution in [3.63, 3.8) is 0 Å². The van der Waals surface area contributed by atoms with Crippen molar-refractivity contribution >= 4 is 39.9 Å². The number of aryl methyl sites for hydroxylation is 1. The van der Waals surface area contributed by atoms with Crippen LogP contribution in [0.4, 0.5) is 5.13 Å². The van der Waals surface area contributed by atoms with Gasteiger partial charge in [-0.15, -0.1) is 0 Å². The maximum atomic E-state index is 13.2. The van der Waals surface area contributed by atoms with Gasteiger partial charge < -0.3 is 14.6 Å². The largest absolute Gasteiger partial charge is 0.507 e. The molecule has 1 aliphatic rings. The predicted molar refractivity (Wildman–Crippen MR) is 132 cm³/mol. The maximum Gasteiger partial charge on any atom is 0.350 e. The molecule has 180 valence electrons. The summed E-state index contributed by atoms with van der Waals surface area (Å²) in [5, 5.41) is 11.4. The zero-order chi connectivity index (χ0) is 25.3. The van der Waals surface area contributed by atoms with E-state index in [2.05, 4.69) is 4.98 Å². The fourth-order valence-corrected chi connectivity index (χ4v) is 4.88. The molecule has 1 amide bonds. The van der Waals surface area contributed by atoms with Crippen molar-refractivity contribution in [2.45, 2.75) is 32.9 Å². The normalized spacial score (nSPS) is 17.2. The number of ketones is 1. The molecule has 1 N–H and O–H groups in total. The lowest BCUT2D eigenvalue weighted by Crippen LogP contribution is -2.29. The Kier molecular flexibility index (Phi) is 6.70. The van der Waals surface area contributed by atoms with E-state index in [-0.39, 0.29) is 27.4 Å². The summed E-state index contributed by atoms with van der Waals surface area (Å²) in [6.07, 6.45) is -0.0190. The van der Waals surface area contributed by atoms with Crippen molar-refractivity contribution in [1.29, 1.82) is 0 Å². The van der Waals surface area contributed by atoms with Gasteiger partial charge in [0.15, 0.2) is 5.13 Å². The number of ether oxygens (including phenoxy) is 2. The lowest BCUT2D eigenvalue weighted by atomic mass is 9.95. The van der Waals surface area contributed by atoms with Crippen molar-refractivity contribution < 1.29 is 29.0 Å². The molecule has 3 aromatic rings. The fraction of sp³-hybridized carbons (Fsp3) is 0.231. The number of aliphatic hydroxyl groups excluding tert-OH is 1. The molecule has 0 saturated carbocycles. The van der Waals surface area contributed by atoms with E-state index in [9.17, 15) is 19.5 Å². The molecule has 1 saturated heterocycles. The van der Waals surface area contributed by atoms with Crippen LogP contribution in [0.15, 0.2) is 60.2 Å². The Morgan fingerprint density at radius 3 is 2.34 bits per heavy atom. The summed E-state index contributed by atoms with van der Waals surface area (Å²) in [7, 11) is 1.26. The van der Waals surface area contributed by atoms with E-state index in [1.165, 1.54) is 12.0 Å². The molecule has 0 unspecified atom stereocenters. The first-order valence-electron chi connectivity index (χ1n) is 10.9. The number of aliphatic hydroxyl groups is 1. The molecule has 2 heterocycles. The number of hydrogen-bond donors (Lipinski definition) is 1. The van der Waals surface area contributed by atoms with Crippen LogP contribution in [0.5, 0.6) is 5.75 Å². The molecule has 1 atom stereocenters. The van der Waals surface area contributed by atoms with Crippen LogP contribution in [-0.2, 0) is 14.3 Å². The van der Waals surface area contributed by atoms with Gasteiger partial charge in [0.1, 0.15) is 16.4 Å². The number of Topliss-reactive ketones (excluding diaryl/α,β-unsaturated/α-hetero) is 1. The number of thiazole rings is 1. The van der Waals surface area contributed by atoms with Gasteiger partial charge >= 0.3 is 11.9 Å². The number of nitrogens with zero attached hydrogens (tertiary/aromatic N) is 2. The van der Waals surface area contributed by atoms with E-state index in [1.54, 1.807) is 55.5 Å². The Morgan fingerprint density at radius 2 is 1.74 bits per heavy atom. The van der Waals surface area contributed by atoms with Crippen LogP contribution in [-0.4, -0.2) is 41.0 Å². The lowest BCUT2D eigenvalue weighted by molar-refractivity contribution is -0.132. The van der Waals surface area contributed by atoms with E-state index in [1.807, 2.05) is 19.9 Å². The van der Waals surface area contributed by atoms with Gasteiger partial charge in [0.2, 0.25) is 0 Å². The number of methoxy groups -OCH3 is 1. The summed E-state index contributed by atoms with van der Waals surface area (Å²) in [6, 6.07) is 14.6. The minimum Gasteiger partial charge on any atom is -0.507 e. The van der Waals surface area contributed by atoms with Gasteiger partial charge in [0.05, 0.1) is 30.5 Å². The van der Waals surface area contributed by atoms with Crippen LogP contribution in [0.25, 0.3) is 5.76 Å². The first-order chi connectivity index (χ1) is 16.7. The Balaban J connectivity index is 1.85. The topological polar surface area (TPSA) is 106 Å². The highest BCUT2D eigenvalue weighted by Gasteiger charge is 2.48. The van der Waals surface area contributed by atoms with Crippen molar-refractivity contribution in [1.82, 2.24) is 4.98 Å². The van der Waals surface area contributed by atoms with E-state index < -0.39 is 23.7 Å². The van der Waals surface area contributed by atoms with Crippen LogP contribution < -0.4 is 9.64 Å². The van der Waals surface area contributed by atoms with Crippen LogP contribution in [0, 0.1) is 6.92 Å². The Hall–Kier alpha value is -3.98. The molecule has 1 aliphatic heterocycles. The molecule has 4 rings (SSSR count). The highest BCUT2D eigenvalue weighted by Crippen LogP contribution is 2.43. The number of esters is 1. The highest BCUT2D eigenvalue weighted by molar-refractivity contribution is 7.17. The Bertz CT molecular complexity index is 1310. The summed E-state index contributed by atoms with van der Waals surface area (Å²) in [4.78, 5) is 44.4. The first kappa shape index (κ1) is 24.2. The van der Waals surface area contributed by atoms with Crippen molar-refractivity contribution in [2.75, 3.05) is 12.0 Å². The summed E-state index contributed by atoms with van der Waals surface area (Å²) >= 11 is 0.957. The molecule has 8 nitrogen and oxygen atoms in total. The second-order valence-electron chi connectivity index (χ2n) is 8.17. The minimum absolute atomic E-state index is 0.0190. The van der Waals surface area contributed by atoms with E-state index >= 15 is 0 Å². The van der Waals surface area contributed by atoms with Crippen LogP contribution in [0.1, 0.15) is 46.4 Å². The number of aromatic nitrogens is 1. The van der Waals surface area contributed by atoms with E-state index in [4.69, 9.17) is 9.47 Å². The Morgan fingerprint density at radius 1 is 1.09 bits per heavy atom. The maximum absolute atomic E-state index is 13.2. The third-order valence-corrected chi connectivity index (χ3v) is 6.56. The van der Waals surface area contributed by atoms with E-state index in [0.717, 1.165) is 11.3 Å². The van der Waals surface area contributed by atoms with Gasteiger partial charge in [-0.3, -0.25) is 14.5 Å². The number of anilines is 1. The molecule has 1 fully saturated rings. The van der Waals surface area contributed by atoms with Gasteiger partial charge in [-0.1, -0.05) is 41.7 Å². The van der Waals surface area contributed by atoms with Crippen LogP contribution >= 0.6 is 11.3 Å². The molecule has 0 spiro atoms. The van der Waals surface area contributed by atoms with Crippen molar-refractivity contribution in [3.05, 3.63) is 81.9 Å². The summed E-state index contributed by atoms with van der Waals surface area (Å²) in [5.74, 6) is -1.96. The van der Waals surface area contributed by atoms with E-state index in [0.29, 0.717) is 22.6 Å². The fourth-order valence-electron chi connectivity index (χ4n) is 3.87. The third-order valence-electron chi connectivity index (χ3n) is 5.42. The quantitative estimate of drug-likeness (QED) is 0.231. The number of benzene rings is 2. The number of rotatable bonds is 6. The summed E-state index contributed by atoms with van der Waals surface area (Å²) in [5.41, 5.74) is 1.29. The zero-order valence-electron chi connectivity index (χ0n) is 19.6. The summed E-state index contributed by atoms with van der Waals surface area (Å²) < 4.78 is 10.5. The van der Waals surface area contributed by atoms with Gasteiger partial charge in [0, 0.05) is 5.56 Å². The monoisotopic (exact) mass is 492 g/mol. The average molecular weight is 493 g/mol. The molecule has 0 bridgehead atoms. The van der Waals surface area contributed by atoms with Gasteiger partial charge in [0.25, 0.3) is 5.78 Å². The first-order valence-corrected chi connectivity index (χ1v) is 11.7. The standard InChI is InChI=1S/C26H24N2O6S/c1-14(2)34-18-12-10-17(11-13-18)21(29)19-20(16-8-6-5-7-9-16)28(24(31)22(19)30)26-27-15(3)23(35-26)25(32)33-4/h5-14,20,29H,1-4H3/t20-/m0/s1. The molecule has 1 aromatic heterocycles. The van der Waals surface area contributed by atoms with Crippen molar-refractivity contribution in [2.24, 2.45) is 0 Å². The minimum atomic E-state index is -0.932. The SMILES string of the molecule is COC(=O)c1sc(N2C(=O)C(=O)C(=C(O)c3ccc(OC(C)C)cc3)[C@@H]2c2ccccc2)nc1C. The molecular weight excluding hydrogens is 468 g/mol. The van der Waals surface area contributed by atoms with Gasteiger partial charge in [-0.2, -0.15) is 0 Å². The van der Waals surface area contributed by atoms with Gasteiger partial charge in [-0.25, -0.2) is 9.78 Å². The number of hydrogen-bond acceptors (Lipinski definition) is 8.